The molecule has 0 unspecified atom stereocenters. The molecule has 1 radical (unpaired) electrons. The van der Waals surface area contributed by atoms with E-state index in [0.717, 1.165) is 16.8 Å². The Kier molecular flexibility index (Phi) is 5.20. The number of aryl methyl sites for hydroxylation is 1. The third kappa shape index (κ3) is 4.24. The summed E-state index contributed by atoms with van der Waals surface area (Å²) in [6.45, 7) is 4.79. The van der Waals surface area contributed by atoms with Crippen molar-refractivity contribution in [1.29, 1.82) is 0 Å². The van der Waals surface area contributed by atoms with Crippen LogP contribution in [0.25, 0.3) is 11.1 Å². The lowest BCUT2D eigenvalue weighted by atomic mass is 10.1. The van der Waals surface area contributed by atoms with Gasteiger partial charge in [-0.15, -0.1) is 0 Å². The second kappa shape index (κ2) is 7.33. The van der Waals surface area contributed by atoms with E-state index in [-0.39, 0.29) is 0 Å². The number of carbonyl (C=O) groups excluding carboxylic acids is 1. The van der Waals surface area contributed by atoms with Crippen LogP contribution in [0.1, 0.15) is 12.6 Å². The molecule has 0 aliphatic heterocycles. The average molecular weight is 288 g/mol. The first-order valence-corrected chi connectivity index (χ1v) is 6.76. The van der Waals surface area contributed by atoms with Crippen LogP contribution in [0.15, 0.2) is 24.4 Å². The van der Waals surface area contributed by atoms with E-state index in [1.165, 1.54) is 0 Å². The van der Waals surface area contributed by atoms with Crippen molar-refractivity contribution < 1.29 is 14.3 Å². The molecule has 21 heavy (non-hydrogen) atoms. The van der Waals surface area contributed by atoms with Gasteiger partial charge in [0, 0.05) is 11.8 Å². The zero-order chi connectivity index (χ0) is 15.1. The number of H-pyrrole nitrogens is 1. The highest BCUT2D eigenvalue weighted by Gasteiger charge is 2.05. The van der Waals surface area contributed by atoms with Crippen molar-refractivity contribution in [3.05, 3.63) is 36.2 Å². The second-order valence-electron chi connectivity index (χ2n) is 4.34. The molecule has 2 aromatic rings. The molecule has 0 spiro atoms. The number of aromatic amines is 1. The molecule has 1 amide bonds. The SMILES string of the molecule is CCOC(=O)NCCOc1c[c]cc(-c2c[nH]nc2C)c1. The Morgan fingerprint density at radius 3 is 3.05 bits per heavy atom. The fraction of sp³-hybridized carbons (Fsp3) is 0.333. The predicted molar refractivity (Wildman–Crippen MR) is 78.1 cm³/mol. The molecule has 111 valence electrons. The lowest BCUT2D eigenvalue weighted by Crippen LogP contribution is -2.28. The normalized spacial score (nSPS) is 10.2. The van der Waals surface area contributed by atoms with Gasteiger partial charge in [-0.2, -0.15) is 5.10 Å². The maximum atomic E-state index is 11.1. The minimum Gasteiger partial charge on any atom is -0.492 e. The summed E-state index contributed by atoms with van der Waals surface area (Å²) in [5.74, 6) is 0.693. The quantitative estimate of drug-likeness (QED) is 0.800. The summed E-state index contributed by atoms with van der Waals surface area (Å²) in [5, 5.41) is 9.51. The lowest BCUT2D eigenvalue weighted by Gasteiger charge is -2.08. The summed E-state index contributed by atoms with van der Waals surface area (Å²) < 4.78 is 10.3. The van der Waals surface area contributed by atoms with Gasteiger partial charge in [-0.3, -0.25) is 5.10 Å². The van der Waals surface area contributed by atoms with Gasteiger partial charge in [-0.05, 0) is 43.7 Å². The Morgan fingerprint density at radius 1 is 1.48 bits per heavy atom. The van der Waals surface area contributed by atoms with E-state index < -0.39 is 6.09 Å². The topological polar surface area (TPSA) is 76.2 Å². The van der Waals surface area contributed by atoms with Gasteiger partial charge in [0.15, 0.2) is 0 Å². The second-order valence-corrected chi connectivity index (χ2v) is 4.34. The number of ether oxygens (including phenoxy) is 2. The fourth-order valence-electron chi connectivity index (χ4n) is 1.84. The predicted octanol–water partition coefficient (Wildman–Crippen LogP) is 2.31. The Hall–Kier alpha value is -2.50. The van der Waals surface area contributed by atoms with Crippen molar-refractivity contribution in [3.8, 4) is 16.9 Å². The molecule has 0 atom stereocenters. The molecule has 0 aliphatic rings. The maximum Gasteiger partial charge on any atom is 0.407 e. The maximum absolute atomic E-state index is 11.1. The van der Waals surface area contributed by atoms with Crippen molar-refractivity contribution in [1.82, 2.24) is 15.5 Å². The number of aromatic nitrogens is 2. The Morgan fingerprint density at radius 2 is 2.33 bits per heavy atom. The van der Waals surface area contributed by atoms with E-state index >= 15 is 0 Å². The first kappa shape index (κ1) is 14.9. The molecule has 0 bridgehead atoms. The van der Waals surface area contributed by atoms with Crippen molar-refractivity contribution in [2.75, 3.05) is 19.8 Å². The Bertz CT molecular complexity index is 595. The first-order valence-electron chi connectivity index (χ1n) is 6.76. The summed E-state index contributed by atoms with van der Waals surface area (Å²) in [4.78, 5) is 11.1. The molecule has 2 N–H and O–H groups in total. The molecule has 0 aliphatic carbocycles. The summed E-state index contributed by atoms with van der Waals surface area (Å²) in [6.07, 6.45) is 1.40. The number of nitrogens with one attached hydrogen (secondary N) is 2. The lowest BCUT2D eigenvalue weighted by molar-refractivity contribution is 0.150. The van der Waals surface area contributed by atoms with E-state index in [2.05, 4.69) is 21.6 Å². The van der Waals surface area contributed by atoms with Crippen LogP contribution in [-0.2, 0) is 4.74 Å². The molecule has 1 heterocycles. The highest BCUT2D eigenvalue weighted by atomic mass is 16.5. The van der Waals surface area contributed by atoms with Crippen molar-refractivity contribution >= 4 is 6.09 Å². The van der Waals surface area contributed by atoms with Gasteiger partial charge in [0.1, 0.15) is 12.4 Å². The van der Waals surface area contributed by atoms with E-state index in [1.807, 2.05) is 25.3 Å². The zero-order valence-electron chi connectivity index (χ0n) is 12.1. The van der Waals surface area contributed by atoms with Gasteiger partial charge >= 0.3 is 6.09 Å². The number of carbonyl (C=O) groups is 1. The minimum absolute atomic E-state index is 0.355. The van der Waals surface area contributed by atoms with E-state index in [9.17, 15) is 4.79 Å². The van der Waals surface area contributed by atoms with Crippen molar-refractivity contribution in [2.24, 2.45) is 0 Å². The highest BCUT2D eigenvalue weighted by molar-refractivity contribution is 5.67. The zero-order valence-corrected chi connectivity index (χ0v) is 12.1. The number of amides is 1. The first-order chi connectivity index (χ1) is 10.2. The molecule has 0 fully saturated rings. The van der Waals surface area contributed by atoms with Gasteiger partial charge in [0.2, 0.25) is 0 Å². The smallest absolute Gasteiger partial charge is 0.407 e. The van der Waals surface area contributed by atoms with Crippen molar-refractivity contribution in [3.63, 3.8) is 0 Å². The number of rotatable bonds is 6. The molecular weight excluding hydrogens is 270 g/mol. The van der Waals surface area contributed by atoms with Gasteiger partial charge in [0.25, 0.3) is 0 Å². The monoisotopic (exact) mass is 288 g/mol. The molecule has 0 saturated carbocycles. The van der Waals surface area contributed by atoms with Crippen LogP contribution in [-0.4, -0.2) is 36.0 Å². The van der Waals surface area contributed by atoms with Crippen LogP contribution in [0.5, 0.6) is 5.75 Å². The summed E-state index contributed by atoms with van der Waals surface area (Å²) in [5.41, 5.74) is 2.92. The van der Waals surface area contributed by atoms with Crippen LogP contribution in [0.2, 0.25) is 0 Å². The van der Waals surface area contributed by atoms with E-state index in [0.29, 0.717) is 25.5 Å². The van der Waals surface area contributed by atoms with Crippen molar-refractivity contribution in [2.45, 2.75) is 13.8 Å². The standard InChI is InChI=1S/C15H18N3O3/c1-3-20-15(19)16-7-8-21-13-6-4-5-12(9-13)14-10-17-18-11(14)2/h5-6,9-10H,3,7-8H2,1-2H3,(H,16,19)(H,17,18). The fourth-order valence-corrected chi connectivity index (χ4v) is 1.84. The molecule has 1 aromatic heterocycles. The molecule has 1 aromatic carbocycles. The summed E-state index contributed by atoms with van der Waals surface area (Å²) >= 11 is 0. The number of alkyl carbamates (subject to hydrolysis) is 1. The number of benzene rings is 1. The van der Waals surface area contributed by atoms with Crippen LogP contribution in [0.3, 0.4) is 0 Å². The van der Waals surface area contributed by atoms with Crippen LogP contribution < -0.4 is 10.1 Å². The minimum atomic E-state index is -0.435. The Labute approximate surface area is 123 Å². The van der Waals surface area contributed by atoms with Gasteiger partial charge in [0.05, 0.1) is 18.8 Å². The van der Waals surface area contributed by atoms with Gasteiger partial charge in [-0.25, -0.2) is 4.79 Å². The van der Waals surface area contributed by atoms with Gasteiger partial charge in [-0.1, -0.05) is 0 Å². The molecule has 2 rings (SSSR count). The third-order valence-corrected chi connectivity index (χ3v) is 2.82. The number of hydrogen-bond acceptors (Lipinski definition) is 4. The Balaban J connectivity index is 1.87. The molecule has 6 heteroatoms. The molecular formula is C15H18N3O3. The highest BCUT2D eigenvalue weighted by Crippen LogP contribution is 2.24. The molecule has 6 nitrogen and oxygen atoms in total. The summed E-state index contributed by atoms with van der Waals surface area (Å²) in [7, 11) is 0. The summed E-state index contributed by atoms with van der Waals surface area (Å²) in [6, 6.07) is 8.58. The van der Waals surface area contributed by atoms with Crippen LogP contribution >= 0.6 is 0 Å². The van der Waals surface area contributed by atoms with Crippen LogP contribution in [0.4, 0.5) is 4.79 Å². The van der Waals surface area contributed by atoms with Gasteiger partial charge < -0.3 is 14.8 Å². The molecule has 0 saturated heterocycles. The largest absolute Gasteiger partial charge is 0.492 e. The average Bonchev–Trinajstić information content (AvgIpc) is 2.90. The van der Waals surface area contributed by atoms with E-state index in [4.69, 9.17) is 9.47 Å². The number of hydrogen-bond donors (Lipinski definition) is 2. The third-order valence-electron chi connectivity index (χ3n) is 2.82. The van der Waals surface area contributed by atoms with E-state index in [1.54, 1.807) is 13.0 Å². The van der Waals surface area contributed by atoms with Crippen LogP contribution in [0, 0.1) is 13.0 Å². The number of nitrogens with zero attached hydrogens (tertiary/aromatic N) is 1.